The maximum absolute atomic E-state index is 11.7. The molecule has 2 rings (SSSR count). The van der Waals surface area contributed by atoms with Gasteiger partial charge in [-0.05, 0) is 37.6 Å². The summed E-state index contributed by atoms with van der Waals surface area (Å²) in [6.07, 6.45) is 3.34. The van der Waals surface area contributed by atoms with Gasteiger partial charge in [0.25, 0.3) is 0 Å². The Morgan fingerprint density at radius 2 is 1.95 bits per heavy atom. The number of halogens is 1. The molecular formula is C16H15ClN2O3. The molecule has 114 valence electrons. The molecule has 5 nitrogen and oxygen atoms in total. The van der Waals surface area contributed by atoms with Gasteiger partial charge in [-0.1, -0.05) is 35.0 Å². The summed E-state index contributed by atoms with van der Waals surface area (Å²) in [5.74, 6) is -0.172. The molecule has 2 aromatic rings. The first kappa shape index (κ1) is 16.0. The number of ketones is 1. The highest BCUT2D eigenvalue weighted by molar-refractivity contribution is 6.30. The van der Waals surface area contributed by atoms with Crippen LogP contribution in [-0.2, 0) is 9.59 Å². The Morgan fingerprint density at radius 1 is 1.27 bits per heavy atom. The number of amides is 1. The quantitative estimate of drug-likeness (QED) is 0.853. The predicted octanol–water partition coefficient (Wildman–Crippen LogP) is 3.72. The average Bonchev–Trinajstić information content (AvgIpc) is 2.78. The van der Waals surface area contributed by atoms with Crippen molar-refractivity contribution >= 4 is 41.1 Å². The van der Waals surface area contributed by atoms with Crippen LogP contribution in [0.3, 0.4) is 0 Å². The highest BCUT2D eigenvalue weighted by atomic mass is 35.5. The average molecular weight is 319 g/mol. The molecule has 0 fully saturated rings. The number of aryl methyl sites for hydroxylation is 1. The van der Waals surface area contributed by atoms with Crippen molar-refractivity contribution in [3.63, 3.8) is 0 Å². The first-order valence-electron chi connectivity index (χ1n) is 6.65. The van der Waals surface area contributed by atoms with Crippen LogP contribution in [0.4, 0.5) is 5.69 Å². The molecule has 0 saturated carbocycles. The molecule has 0 aliphatic carbocycles. The molecule has 0 unspecified atom stereocenters. The first-order chi connectivity index (χ1) is 10.5. The minimum absolute atomic E-state index is 0.176. The Kier molecular flexibility index (Phi) is 5.12. The lowest BCUT2D eigenvalue weighted by atomic mass is 10.2. The van der Waals surface area contributed by atoms with Gasteiger partial charge >= 0.3 is 0 Å². The molecular weight excluding hydrogens is 304 g/mol. The highest BCUT2D eigenvalue weighted by Gasteiger charge is 2.14. The molecule has 1 amide bonds. The Hall–Kier alpha value is -2.40. The molecule has 22 heavy (non-hydrogen) atoms. The topological polar surface area (TPSA) is 72.2 Å². The number of hydrogen-bond acceptors (Lipinski definition) is 4. The lowest BCUT2D eigenvalue weighted by molar-refractivity contribution is -0.124. The Morgan fingerprint density at radius 3 is 2.59 bits per heavy atom. The van der Waals surface area contributed by atoms with Crippen molar-refractivity contribution in [3.8, 4) is 0 Å². The summed E-state index contributed by atoms with van der Waals surface area (Å²) in [4.78, 5) is 22.7. The van der Waals surface area contributed by atoms with Gasteiger partial charge in [-0.15, -0.1) is 0 Å². The number of nitrogens with one attached hydrogen (secondary N) is 1. The van der Waals surface area contributed by atoms with Gasteiger partial charge < -0.3 is 9.84 Å². The molecule has 0 aliphatic heterocycles. The van der Waals surface area contributed by atoms with E-state index in [1.54, 1.807) is 25.1 Å². The fraction of sp³-hybridized carbons (Fsp3) is 0.188. The van der Waals surface area contributed by atoms with Crippen LogP contribution in [0.5, 0.6) is 0 Å². The lowest BCUT2D eigenvalue weighted by Gasteiger charge is -2.02. The van der Waals surface area contributed by atoms with Crippen molar-refractivity contribution < 1.29 is 14.1 Å². The predicted molar refractivity (Wildman–Crippen MR) is 85.5 cm³/mol. The smallest absolute Gasteiger partial charge is 0.231 e. The van der Waals surface area contributed by atoms with E-state index in [9.17, 15) is 9.59 Å². The van der Waals surface area contributed by atoms with Crippen LogP contribution in [0.15, 0.2) is 28.8 Å². The largest absolute Gasteiger partial charge is 0.354 e. The van der Waals surface area contributed by atoms with Crippen molar-refractivity contribution in [2.45, 2.75) is 20.3 Å². The first-order valence-corrected chi connectivity index (χ1v) is 7.02. The van der Waals surface area contributed by atoms with Crippen LogP contribution in [0.2, 0.25) is 5.02 Å². The fourth-order valence-corrected chi connectivity index (χ4v) is 1.93. The second kappa shape index (κ2) is 7.04. The van der Waals surface area contributed by atoms with Crippen LogP contribution in [-0.4, -0.2) is 16.8 Å². The summed E-state index contributed by atoms with van der Waals surface area (Å²) < 4.78 is 5.18. The number of benzene rings is 1. The molecule has 0 spiro atoms. The lowest BCUT2D eigenvalue weighted by Crippen LogP contribution is -2.15. The summed E-state index contributed by atoms with van der Waals surface area (Å²) in [5.41, 5.74) is 1.95. The van der Waals surface area contributed by atoms with Gasteiger partial charge in [-0.3, -0.25) is 9.59 Å². The van der Waals surface area contributed by atoms with E-state index in [2.05, 4.69) is 10.5 Å². The number of hydrogen-bond donors (Lipinski definition) is 1. The molecule has 0 radical (unpaired) electrons. The summed E-state index contributed by atoms with van der Waals surface area (Å²) in [7, 11) is 0. The van der Waals surface area contributed by atoms with E-state index < -0.39 is 0 Å². The molecule has 0 aliphatic rings. The van der Waals surface area contributed by atoms with Crippen LogP contribution in [0, 0.1) is 6.92 Å². The Bertz CT molecular complexity index is 717. The van der Waals surface area contributed by atoms with Crippen molar-refractivity contribution in [3.05, 3.63) is 46.3 Å². The molecule has 0 saturated heterocycles. The zero-order valence-corrected chi connectivity index (χ0v) is 13.0. The number of anilines is 1. The molecule has 1 aromatic carbocycles. The monoisotopic (exact) mass is 318 g/mol. The number of carbonyl (C=O) groups excluding carboxylic acids is 2. The SMILES string of the molecule is CC(=O)CC(=O)Nc1c(C)noc1/C=C/c1ccc(Cl)cc1. The normalized spacial score (nSPS) is 10.9. The number of aromatic nitrogens is 1. The zero-order chi connectivity index (χ0) is 16.1. The van der Waals surface area contributed by atoms with Gasteiger partial charge in [0.1, 0.15) is 17.2 Å². The zero-order valence-electron chi connectivity index (χ0n) is 12.2. The van der Waals surface area contributed by atoms with Gasteiger partial charge in [0.2, 0.25) is 5.91 Å². The van der Waals surface area contributed by atoms with Gasteiger partial charge in [-0.25, -0.2) is 0 Å². The third kappa shape index (κ3) is 4.30. The summed E-state index contributed by atoms with van der Waals surface area (Å²) >= 11 is 5.83. The van der Waals surface area contributed by atoms with E-state index in [0.29, 0.717) is 22.2 Å². The van der Waals surface area contributed by atoms with Gasteiger partial charge in [0, 0.05) is 5.02 Å². The van der Waals surface area contributed by atoms with Crippen molar-refractivity contribution in [2.24, 2.45) is 0 Å². The van der Waals surface area contributed by atoms with Crippen LogP contribution >= 0.6 is 11.6 Å². The van der Waals surface area contributed by atoms with E-state index in [0.717, 1.165) is 5.56 Å². The second-order valence-electron chi connectivity index (χ2n) is 4.82. The summed E-state index contributed by atoms with van der Waals surface area (Å²) in [6, 6.07) is 7.27. The number of Topliss-reactive ketones (excluding diaryl/α,β-unsaturated/α-hetero) is 1. The van der Waals surface area contributed by atoms with Crippen LogP contribution in [0.25, 0.3) is 12.2 Å². The molecule has 1 N–H and O–H groups in total. The van der Waals surface area contributed by atoms with Crippen LogP contribution < -0.4 is 5.32 Å². The van der Waals surface area contributed by atoms with Crippen molar-refractivity contribution in [2.75, 3.05) is 5.32 Å². The van der Waals surface area contributed by atoms with Crippen molar-refractivity contribution in [1.29, 1.82) is 0 Å². The Labute approximate surface area is 132 Å². The minimum atomic E-state index is -0.389. The van der Waals surface area contributed by atoms with Gasteiger partial charge in [0.05, 0.1) is 6.42 Å². The Balaban J connectivity index is 2.16. The van der Waals surface area contributed by atoms with E-state index in [1.807, 2.05) is 18.2 Å². The summed E-state index contributed by atoms with van der Waals surface area (Å²) in [6.45, 7) is 3.08. The highest BCUT2D eigenvalue weighted by Crippen LogP contribution is 2.23. The molecule has 6 heteroatoms. The van der Waals surface area contributed by atoms with E-state index >= 15 is 0 Å². The van der Waals surface area contributed by atoms with E-state index in [1.165, 1.54) is 6.92 Å². The number of carbonyl (C=O) groups is 2. The third-order valence-electron chi connectivity index (χ3n) is 2.86. The van der Waals surface area contributed by atoms with Crippen molar-refractivity contribution in [1.82, 2.24) is 5.16 Å². The molecule has 0 atom stereocenters. The standard InChI is InChI=1S/C16H15ClN2O3/c1-10(20)9-15(21)18-16-11(2)19-22-14(16)8-5-12-3-6-13(17)7-4-12/h3-8H,9H2,1-2H3,(H,18,21)/b8-5+. The van der Waals surface area contributed by atoms with E-state index in [-0.39, 0.29) is 18.1 Å². The maximum Gasteiger partial charge on any atom is 0.231 e. The third-order valence-corrected chi connectivity index (χ3v) is 3.11. The molecule has 0 bridgehead atoms. The maximum atomic E-state index is 11.7. The fourth-order valence-electron chi connectivity index (χ4n) is 1.81. The second-order valence-corrected chi connectivity index (χ2v) is 5.26. The minimum Gasteiger partial charge on any atom is -0.354 e. The molecule has 1 aromatic heterocycles. The summed E-state index contributed by atoms with van der Waals surface area (Å²) in [5, 5.41) is 7.13. The van der Waals surface area contributed by atoms with E-state index in [4.69, 9.17) is 16.1 Å². The molecule has 1 heterocycles. The number of rotatable bonds is 5. The van der Waals surface area contributed by atoms with Crippen LogP contribution in [0.1, 0.15) is 30.4 Å². The van der Waals surface area contributed by atoms with Gasteiger partial charge in [-0.2, -0.15) is 0 Å². The number of nitrogens with zero attached hydrogens (tertiary/aromatic N) is 1. The van der Waals surface area contributed by atoms with Gasteiger partial charge in [0.15, 0.2) is 5.76 Å².